The number of fused-ring (bicyclic) bond motifs is 2. The summed E-state index contributed by atoms with van der Waals surface area (Å²) in [5, 5.41) is 9.89. The molecule has 0 radical (unpaired) electrons. The van der Waals surface area contributed by atoms with Gasteiger partial charge in [-0.3, -0.25) is 9.59 Å². The van der Waals surface area contributed by atoms with E-state index in [1.165, 1.54) is 0 Å². The lowest BCUT2D eigenvalue weighted by Crippen LogP contribution is -2.06. The molecule has 1 aromatic heterocycles. The second kappa shape index (κ2) is 4.74. The standard InChI is InChI=1S/C17H14O4/c1-9-3-4-14-12(5-9)17(20)13-7-11(8-16(18)19)10(2)6-15(13)21-14/h3-7H,8H2,1-2H3,(H,18,19). The van der Waals surface area contributed by atoms with Crippen LogP contribution in [0, 0.1) is 13.8 Å². The highest BCUT2D eigenvalue weighted by atomic mass is 16.4. The van der Waals surface area contributed by atoms with E-state index in [1.54, 1.807) is 24.3 Å². The maximum Gasteiger partial charge on any atom is 0.307 e. The molecule has 106 valence electrons. The second-order valence-corrected chi connectivity index (χ2v) is 5.28. The van der Waals surface area contributed by atoms with Crippen LogP contribution in [0.3, 0.4) is 0 Å². The van der Waals surface area contributed by atoms with Gasteiger partial charge in [0.15, 0.2) is 0 Å². The Hall–Kier alpha value is -2.62. The molecular formula is C17H14O4. The molecule has 3 rings (SSSR count). The molecule has 0 aliphatic carbocycles. The van der Waals surface area contributed by atoms with Crippen molar-refractivity contribution in [3.8, 4) is 0 Å². The highest BCUT2D eigenvalue weighted by molar-refractivity contribution is 5.91. The van der Waals surface area contributed by atoms with Crippen molar-refractivity contribution in [3.05, 3.63) is 57.2 Å². The monoisotopic (exact) mass is 282 g/mol. The summed E-state index contributed by atoms with van der Waals surface area (Å²) in [5.74, 6) is -0.918. The predicted octanol–water partition coefficient (Wildman–Crippen LogP) is 3.19. The third kappa shape index (κ3) is 2.29. The highest BCUT2D eigenvalue weighted by Crippen LogP contribution is 2.23. The van der Waals surface area contributed by atoms with Gasteiger partial charge in [-0.25, -0.2) is 0 Å². The fourth-order valence-electron chi connectivity index (χ4n) is 2.52. The molecule has 0 bridgehead atoms. The van der Waals surface area contributed by atoms with Crippen LogP contribution in [0.15, 0.2) is 39.5 Å². The van der Waals surface area contributed by atoms with Gasteiger partial charge in [0.2, 0.25) is 5.43 Å². The quantitative estimate of drug-likeness (QED) is 0.733. The maximum atomic E-state index is 12.6. The molecule has 21 heavy (non-hydrogen) atoms. The Labute approximate surface area is 120 Å². The number of hydrogen-bond donors (Lipinski definition) is 1. The van der Waals surface area contributed by atoms with E-state index in [2.05, 4.69) is 0 Å². The summed E-state index contributed by atoms with van der Waals surface area (Å²) in [7, 11) is 0. The molecule has 3 aromatic rings. The number of carboxylic acid groups (broad SMARTS) is 1. The van der Waals surface area contributed by atoms with E-state index in [1.807, 2.05) is 19.9 Å². The average molecular weight is 282 g/mol. The zero-order valence-corrected chi connectivity index (χ0v) is 11.8. The zero-order chi connectivity index (χ0) is 15.1. The molecule has 0 unspecified atom stereocenters. The molecule has 0 aliphatic rings. The molecule has 0 atom stereocenters. The van der Waals surface area contributed by atoms with Gasteiger partial charge >= 0.3 is 5.97 Å². The minimum Gasteiger partial charge on any atom is -0.481 e. The molecule has 0 saturated carbocycles. The summed E-state index contributed by atoms with van der Waals surface area (Å²) in [6.07, 6.45) is -0.104. The van der Waals surface area contributed by atoms with E-state index in [0.29, 0.717) is 27.5 Å². The molecule has 4 nitrogen and oxygen atoms in total. The average Bonchev–Trinajstić information content (AvgIpc) is 2.41. The fourth-order valence-corrected chi connectivity index (χ4v) is 2.52. The normalized spacial score (nSPS) is 11.1. The minimum absolute atomic E-state index is 0.104. The van der Waals surface area contributed by atoms with Crippen molar-refractivity contribution in [1.82, 2.24) is 0 Å². The van der Waals surface area contributed by atoms with E-state index in [-0.39, 0.29) is 11.8 Å². The highest BCUT2D eigenvalue weighted by Gasteiger charge is 2.12. The van der Waals surface area contributed by atoms with Crippen molar-refractivity contribution >= 4 is 27.9 Å². The number of benzene rings is 2. The number of hydrogen-bond acceptors (Lipinski definition) is 3. The maximum absolute atomic E-state index is 12.6. The molecule has 0 fully saturated rings. The van der Waals surface area contributed by atoms with Crippen molar-refractivity contribution < 1.29 is 14.3 Å². The van der Waals surface area contributed by atoms with Gasteiger partial charge in [0.25, 0.3) is 0 Å². The minimum atomic E-state index is -0.918. The van der Waals surface area contributed by atoms with Gasteiger partial charge in [0.1, 0.15) is 11.2 Å². The number of carboxylic acids is 1. The first kappa shape index (κ1) is 13.4. The fraction of sp³-hybridized carbons (Fsp3) is 0.176. The van der Waals surface area contributed by atoms with Crippen molar-refractivity contribution in [2.75, 3.05) is 0 Å². The van der Waals surface area contributed by atoms with Crippen LogP contribution in [0.2, 0.25) is 0 Å². The Kier molecular flexibility index (Phi) is 3.01. The first-order valence-corrected chi connectivity index (χ1v) is 6.64. The molecule has 0 saturated heterocycles. The van der Waals surface area contributed by atoms with Gasteiger partial charge in [-0.2, -0.15) is 0 Å². The molecule has 1 N–H and O–H groups in total. The summed E-state index contributed by atoms with van der Waals surface area (Å²) in [6, 6.07) is 8.83. The van der Waals surface area contributed by atoms with E-state index in [9.17, 15) is 9.59 Å². The number of carbonyl (C=O) groups is 1. The van der Waals surface area contributed by atoms with E-state index in [0.717, 1.165) is 11.1 Å². The Bertz CT molecular complexity index is 935. The van der Waals surface area contributed by atoms with Crippen LogP contribution in [0.4, 0.5) is 0 Å². The van der Waals surface area contributed by atoms with Gasteiger partial charge in [-0.05, 0) is 49.2 Å². The SMILES string of the molecule is Cc1ccc2oc3cc(C)c(CC(=O)O)cc3c(=O)c2c1. The number of rotatable bonds is 2. The van der Waals surface area contributed by atoms with Crippen LogP contribution >= 0.6 is 0 Å². The van der Waals surface area contributed by atoms with E-state index >= 15 is 0 Å². The molecule has 0 spiro atoms. The zero-order valence-electron chi connectivity index (χ0n) is 11.8. The van der Waals surface area contributed by atoms with Gasteiger partial charge in [-0.15, -0.1) is 0 Å². The Morgan fingerprint density at radius 3 is 2.52 bits per heavy atom. The summed E-state index contributed by atoms with van der Waals surface area (Å²) in [4.78, 5) is 23.5. The summed E-state index contributed by atoms with van der Waals surface area (Å²) in [6.45, 7) is 3.73. The van der Waals surface area contributed by atoms with Gasteiger partial charge < -0.3 is 9.52 Å². The van der Waals surface area contributed by atoms with E-state index in [4.69, 9.17) is 9.52 Å². The van der Waals surface area contributed by atoms with E-state index < -0.39 is 5.97 Å². The topological polar surface area (TPSA) is 67.5 Å². The Morgan fingerprint density at radius 2 is 1.81 bits per heavy atom. The van der Waals surface area contributed by atoms with Crippen LogP contribution in [-0.4, -0.2) is 11.1 Å². The van der Waals surface area contributed by atoms with Gasteiger partial charge in [0, 0.05) is 0 Å². The lowest BCUT2D eigenvalue weighted by atomic mass is 10.0. The third-order valence-electron chi connectivity index (χ3n) is 3.62. The van der Waals surface area contributed by atoms with Crippen molar-refractivity contribution in [2.45, 2.75) is 20.3 Å². The third-order valence-corrected chi connectivity index (χ3v) is 3.62. The second-order valence-electron chi connectivity index (χ2n) is 5.28. The van der Waals surface area contributed by atoms with Crippen LogP contribution < -0.4 is 5.43 Å². The van der Waals surface area contributed by atoms with Crippen LogP contribution in [0.5, 0.6) is 0 Å². The summed E-state index contributed by atoms with van der Waals surface area (Å²) in [5.41, 5.74) is 3.33. The van der Waals surface area contributed by atoms with Crippen molar-refractivity contribution in [1.29, 1.82) is 0 Å². The number of aryl methyl sites for hydroxylation is 2. The first-order valence-electron chi connectivity index (χ1n) is 6.64. The number of aliphatic carboxylic acids is 1. The van der Waals surface area contributed by atoms with Crippen LogP contribution in [-0.2, 0) is 11.2 Å². The largest absolute Gasteiger partial charge is 0.481 e. The van der Waals surface area contributed by atoms with Crippen molar-refractivity contribution in [2.24, 2.45) is 0 Å². The molecular weight excluding hydrogens is 268 g/mol. The smallest absolute Gasteiger partial charge is 0.307 e. The Morgan fingerprint density at radius 1 is 1.10 bits per heavy atom. The predicted molar refractivity (Wildman–Crippen MR) is 80.8 cm³/mol. The molecule has 1 heterocycles. The Balaban J connectivity index is 2.38. The van der Waals surface area contributed by atoms with Gasteiger partial charge in [0.05, 0.1) is 17.2 Å². The molecule has 0 amide bonds. The lowest BCUT2D eigenvalue weighted by Gasteiger charge is -2.07. The van der Waals surface area contributed by atoms with Gasteiger partial charge in [-0.1, -0.05) is 11.6 Å². The lowest BCUT2D eigenvalue weighted by molar-refractivity contribution is -0.136. The molecule has 0 aliphatic heterocycles. The van der Waals surface area contributed by atoms with Crippen LogP contribution in [0.25, 0.3) is 21.9 Å². The molecule has 4 heteroatoms. The molecule has 2 aromatic carbocycles. The first-order chi connectivity index (χ1) is 9.95. The van der Waals surface area contributed by atoms with Crippen LogP contribution in [0.1, 0.15) is 16.7 Å². The summed E-state index contributed by atoms with van der Waals surface area (Å²) < 4.78 is 5.78. The summed E-state index contributed by atoms with van der Waals surface area (Å²) >= 11 is 0. The van der Waals surface area contributed by atoms with Crippen molar-refractivity contribution in [3.63, 3.8) is 0 Å².